The van der Waals surface area contributed by atoms with Crippen molar-refractivity contribution in [2.75, 3.05) is 0 Å². The van der Waals surface area contributed by atoms with Crippen LogP contribution in [0, 0.1) is 5.82 Å². The van der Waals surface area contributed by atoms with Gasteiger partial charge in [-0.2, -0.15) is 5.10 Å². The second-order valence-electron chi connectivity index (χ2n) is 3.70. The van der Waals surface area contributed by atoms with Crippen LogP contribution < -0.4 is 5.73 Å². The first-order valence-corrected chi connectivity index (χ1v) is 5.04. The lowest BCUT2D eigenvalue weighted by molar-refractivity contribution is 0.433. The van der Waals surface area contributed by atoms with Gasteiger partial charge in [0.2, 0.25) is 0 Å². The van der Waals surface area contributed by atoms with Crippen LogP contribution in [-0.4, -0.2) is 20.8 Å². The quantitative estimate of drug-likeness (QED) is 0.849. The van der Waals surface area contributed by atoms with Crippen LogP contribution >= 0.6 is 0 Å². The maximum atomic E-state index is 13.7. The van der Waals surface area contributed by atoms with Crippen LogP contribution in [0.3, 0.4) is 0 Å². The summed E-state index contributed by atoms with van der Waals surface area (Å²) in [5.41, 5.74) is 6.40. The molecule has 0 aliphatic carbocycles. The average molecular weight is 220 g/mol. The molecule has 0 amide bonds. The molecule has 0 fully saturated rings. The molecule has 1 aromatic carbocycles. The summed E-state index contributed by atoms with van der Waals surface area (Å²) in [5, 5.41) is 4.01. The summed E-state index contributed by atoms with van der Waals surface area (Å²) >= 11 is 0. The van der Waals surface area contributed by atoms with Crippen LogP contribution in [0.5, 0.6) is 0 Å². The van der Waals surface area contributed by atoms with Crippen molar-refractivity contribution in [3.8, 4) is 0 Å². The Kier molecular flexibility index (Phi) is 2.96. The van der Waals surface area contributed by atoms with Crippen LogP contribution in [0.1, 0.15) is 18.5 Å². The van der Waals surface area contributed by atoms with Crippen molar-refractivity contribution < 1.29 is 4.39 Å². The molecule has 2 unspecified atom stereocenters. The number of nitrogens with two attached hydrogens (primary N) is 1. The third-order valence-electron chi connectivity index (χ3n) is 2.44. The molecule has 0 spiro atoms. The fourth-order valence-electron chi connectivity index (χ4n) is 1.74. The number of nitrogens with zero attached hydrogens (tertiary/aromatic N) is 3. The summed E-state index contributed by atoms with van der Waals surface area (Å²) < 4.78 is 15.2. The molecule has 0 aliphatic heterocycles. The van der Waals surface area contributed by atoms with Gasteiger partial charge in [-0.05, 0) is 13.0 Å². The predicted molar refractivity (Wildman–Crippen MR) is 58.2 cm³/mol. The van der Waals surface area contributed by atoms with Gasteiger partial charge in [-0.15, -0.1) is 0 Å². The number of aromatic nitrogens is 3. The van der Waals surface area contributed by atoms with Crippen LogP contribution in [0.4, 0.5) is 4.39 Å². The number of benzene rings is 1. The molecule has 0 bridgehead atoms. The fourth-order valence-corrected chi connectivity index (χ4v) is 1.74. The van der Waals surface area contributed by atoms with Crippen molar-refractivity contribution in [3.63, 3.8) is 0 Å². The summed E-state index contributed by atoms with van der Waals surface area (Å²) in [6.07, 6.45) is 2.96. The molecule has 2 aromatic rings. The van der Waals surface area contributed by atoms with Gasteiger partial charge in [-0.1, -0.05) is 18.2 Å². The zero-order valence-corrected chi connectivity index (χ0v) is 8.92. The lowest BCUT2D eigenvalue weighted by Crippen LogP contribution is -2.31. The third-order valence-corrected chi connectivity index (χ3v) is 2.44. The maximum absolute atomic E-state index is 13.7. The minimum atomic E-state index is -0.330. The SMILES string of the molecule is CC(N)C(c1ccccc1F)n1cncn1. The van der Waals surface area contributed by atoms with Gasteiger partial charge in [0.1, 0.15) is 18.5 Å². The Hall–Kier alpha value is -1.75. The molecule has 1 aromatic heterocycles. The fraction of sp³-hybridized carbons (Fsp3) is 0.273. The van der Waals surface area contributed by atoms with Crippen molar-refractivity contribution in [1.82, 2.24) is 14.8 Å². The lowest BCUT2D eigenvalue weighted by Gasteiger charge is -2.21. The first-order valence-electron chi connectivity index (χ1n) is 5.04. The minimum Gasteiger partial charge on any atom is -0.326 e. The molecule has 2 N–H and O–H groups in total. The molecule has 0 saturated carbocycles. The van der Waals surface area contributed by atoms with Crippen LogP contribution in [0.25, 0.3) is 0 Å². The molecule has 16 heavy (non-hydrogen) atoms. The summed E-state index contributed by atoms with van der Waals surface area (Å²) in [4.78, 5) is 3.85. The van der Waals surface area contributed by atoms with E-state index in [0.29, 0.717) is 5.56 Å². The summed E-state index contributed by atoms with van der Waals surface area (Å²) in [5.74, 6) is -0.277. The van der Waals surface area contributed by atoms with Gasteiger partial charge >= 0.3 is 0 Å². The highest BCUT2D eigenvalue weighted by atomic mass is 19.1. The Morgan fingerprint density at radius 2 is 2.12 bits per heavy atom. The summed E-state index contributed by atoms with van der Waals surface area (Å²) in [6, 6.07) is 5.98. The maximum Gasteiger partial charge on any atom is 0.137 e. The zero-order valence-electron chi connectivity index (χ0n) is 8.92. The second kappa shape index (κ2) is 4.40. The Balaban J connectivity index is 2.45. The van der Waals surface area contributed by atoms with E-state index in [1.807, 2.05) is 6.92 Å². The summed E-state index contributed by atoms with van der Waals surface area (Å²) in [7, 11) is 0. The monoisotopic (exact) mass is 220 g/mol. The molecule has 0 aliphatic rings. The predicted octanol–water partition coefficient (Wildman–Crippen LogP) is 1.35. The van der Waals surface area contributed by atoms with E-state index in [9.17, 15) is 4.39 Å². The number of hydrogen-bond acceptors (Lipinski definition) is 3. The topological polar surface area (TPSA) is 56.7 Å². The number of hydrogen-bond donors (Lipinski definition) is 1. The highest BCUT2D eigenvalue weighted by Gasteiger charge is 2.21. The van der Waals surface area contributed by atoms with Crippen LogP contribution in [0.15, 0.2) is 36.9 Å². The van der Waals surface area contributed by atoms with E-state index in [4.69, 9.17) is 5.73 Å². The Morgan fingerprint density at radius 3 is 2.69 bits per heavy atom. The van der Waals surface area contributed by atoms with Crippen LogP contribution in [-0.2, 0) is 0 Å². The van der Waals surface area contributed by atoms with Crippen molar-refractivity contribution in [3.05, 3.63) is 48.3 Å². The number of halogens is 1. The molecule has 2 atom stereocenters. The van der Waals surface area contributed by atoms with Crippen LogP contribution in [0.2, 0.25) is 0 Å². The van der Waals surface area contributed by atoms with Gasteiger partial charge in [-0.3, -0.25) is 0 Å². The Bertz CT molecular complexity index is 453. The first-order chi connectivity index (χ1) is 7.70. The molecule has 84 valence electrons. The largest absolute Gasteiger partial charge is 0.326 e. The van der Waals surface area contributed by atoms with Gasteiger partial charge in [0.15, 0.2) is 0 Å². The molecule has 0 saturated heterocycles. The normalized spacial score (nSPS) is 14.7. The van der Waals surface area contributed by atoms with E-state index < -0.39 is 0 Å². The highest BCUT2D eigenvalue weighted by Crippen LogP contribution is 2.22. The standard InChI is InChI=1S/C11H13FN4/c1-8(13)11(16-7-14-6-15-16)9-4-2-3-5-10(9)12/h2-8,11H,13H2,1H3. The molecular weight excluding hydrogens is 207 g/mol. The van der Waals surface area contributed by atoms with E-state index >= 15 is 0 Å². The molecular formula is C11H13FN4. The van der Waals surface area contributed by atoms with Gasteiger partial charge in [0.25, 0.3) is 0 Å². The Labute approximate surface area is 92.9 Å². The Morgan fingerprint density at radius 1 is 1.38 bits per heavy atom. The van der Waals surface area contributed by atoms with E-state index in [1.165, 1.54) is 12.4 Å². The lowest BCUT2D eigenvalue weighted by atomic mass is 10.0. The first kappa shape index (κ1) is 10.8. The van der Waals surface area contributed by atoms with Crippen molar-refractivity contribution in [2.24, 2.45) is 5.73 Å². The molecule has 4 nitrogen and oxygen atoms in total. The van der Waals surface area contributed by atoms with E-state index in [2.05, 4.69) is 10.1 Å². The smallest absolute Gasteiger partial charge is 0.137 e. The van der Waals surface area contributed by atoms with Gasteiger partial charge in [0, 0.05) is 11.6 Å². The molecule has 0 radical (unpaired) electrons. The van der Waals surface area contributed by atoms with E-state index in [1.54, 1.807) is 29.2 Å². The highest BCUT2D eigenvalue weighted by molar-refractivity contribution is 5.23. The third kappa shape index (κ3) is 1.94. The second-order valence-corrected chi connectivity index (χ2v) is 3.70. The van der Waals surface area contributed by atoms with Gasteiger partial charge in [-0.25, -0.2) is 14.1 Å². The van der Waals surface area contributed by atoms with E-state index in [0.717, 1.165) is 0 Å². The number of rotatable bonds is 3. The van der Waals surface area contributed by atoms with E-state index in [-0.39, 0.29) is 17.9 Å². The van der Waals surface area contributed by atoms with Gasteiger partial charge in [0.05, 0.1) is 6.04 Å². The van der Waals surface area contributed by atoms with Crippen molar-refractivity contribution in [2.45, 2.75) is 19.0 Å². The average Bonchev–Trinajstić information content (AvgIpc) is 2.74. The zero-order chi connectivity index (χ0) is 11.5. The molecule has 1 heterocycles. The molecule has 2 rings (SSSR count). The van der Waals surface area contributed by atoms with Crippen molar-refractivity contribution >= 4 is 0 Å². The van der Waals surface area contributed by atoms with Gasteiger partial charge < -0.3 is 5.73 Å². The summed E-state index contributed by atoms with van der Waals surface area (Å²) in [6.45, 7) is 1.82. The molecule has 5 heteroatoms. The minimum absolute atomic E-state index is 0.251. The van der Waals surface area contributed by atoms with Crippen molar-refractivity contribution in [1.29, 1.82) is 0 Å².